The van der Waals surface area contributed by atoms with Crippen molar-refractivity contribution in [2.75, 3.05) is 6.61 Å². The monoisotopic (exact) mass is 328 g/mol. The summed E-state index contributed by atoms with van der Waals surface area (Å²) in [7, 11) is 0. The van der Waals surface area contributed by atoms with Crippen molar-refractivity contribution >= 4 is 12.2 Å². The highest BCUT2D eigenvalue weighted by Gasteiger charge is 2.36. The number of fused-ring (bicyclic) bond motifs is 2. The number of ether oxygens (including phenoxy) is 2. The molecule has 126 valence electrons. The molecule has 0 aromatic heterocycles. The fourth-order valence-corrected chi connectivity index (χ4v) is 3.43. The number of benzene rings is 1. The largest absolute Gasteiger partial charge is 0.452 e. The van der Waals surface area contributed by atoms with Crippen molar-refractivity contribution < 1.29 is 19.1 Å². The molecule has 2 aliphatic carbocycles. The molecule has 3 atom stereocenters. The number of carbonyl (C=O) groups excluding carboxylic acids is 2. The third-order valence-electron chi connectivity index (χ3n) is 4.53. The summed E-state index contributed by atoms with van der Waals surface area (Å²) in [5.74, 6) is 2.02. The van der Waals surface area contributed by atoms with Crippen LogP contribution in [0.15, 0.2) is 46.6 Å². The van der Waals surface area contributed by atoms with Crippen molar-refractivity contribution in [2.45, 2.75) is 32.3 Å². The number of nitrogens with zero attached hydrogens (tertiary/aromatic N) is 2. The van der Waals surface area contributed by atoms with E-state index in [1.54, 1.807) is 6.92 Å². The predicted molar refractivity (Wildman–Crippen MR) is 86.6 cm³/mol. The molecule has 1 aromatic rings. The number of rotatable bonds is 4. The highest BCUT2D eigenvalue weighted by atomic mass is 16.6. The normalized spacial score (nSPS) is 24.5. The lowest BCUT2D eigenvalue weighted by atomic mass is 9.86. The second-order valence-electron chi connectivity index (χ2n) is 6.08. The fraction of sp³-hybridized carbons (Fsp3) is 0.444. The van der Waals surface area contributed by atoms with Crippen molar-refractivity contribution in [2.24, 2.45) is 22.1 Å². The Bertz CT molecular complexity index is 666. The van der Waals surface area contributed by atoms with Gasteiger partial charge in [-0.25, -0.2) is 9.59 Å². The van der Waals surface area contributed by atoms with Crippen molar-refractivity contribution in [3.8, 4) is 0 Å². The second kappa shape index (κ2) is 7.38. The Hall–Kier alpha value is -2.50. The van der Waals surface area contributed by atoms with Gasteiger partial charge in [-0.05, 0) is 48.6 Å². The molecule has 0 radical (unpaired) electrons. The summed E-state index contributed by atoms with van der Waals surface area (Å²) in [6.45, 7) is 1.91. The van der Waals surface area contributed by atoms with Crippen LogP contribution >= 0.6 is 0 Å². The molecule has 2 unspecified atom stereocenters. The lowest BCUT2D eigenvalue weighted by Crippen LogP contribution is -2.05. The molecule has 3 rings (SSSR count). The van der Waals surface area contributed by atoms with Gasteiger partial charge in [-0.15, -0.1) is 0 Å². The van der Waals surface area contributed by atoms with Crippen molar-refractivity contribution in [3.63, 3.8) is 0 Å². The molecule has 2 aliphatic rings. The minimum Gasteiger partial charge on any atom is -0.447 e. The Morgan fingerprint density at radius 2 is 1.75 bits per heavy atom. The molecular formula is C18H20N2O4. The average Bonchev–Trinajstić information content (AvgIpc) is 3.22. The van der Waals surface area contributed by atoms with Crippen LogP contribution in [0.2, 0.25) is 0 Å². The number of amides is 2. The van der Waals surface area contributed by atoms with Gasteiger partial charge in [0.1, 0.15) is 6.61 Å². The van der Waals surface area contributed by atoms with E-state index in [2.05, 4.69) is 39.3 Å². The van der Waals surface area contributed by atoms with Crippen LogP contribution < -0.4 is 0 Å². The summed E-state index contributed by atoms with van der Waals surface area (Å²) < 4.78 is 9.48. The van der Waals surface area contributed by atoms with Gasteiger partial charge in [0.05, 0.1) is 6.61 Å². The molecule has 0 spiro atoms. The molecule has 0 saturated heterocycles. The van der Waals surface area contributed by atoms with E-state index in [1.165, 1.54) is 18.4 Å². The van der Waals surface area contributed by atoms with Crippen LogP contribution in [0.1, 0.15) is 36.8 Å². The molecule has 0 heterocycles. The highest BCUT2D eigenvalue weighted by Crippen LogP contribution is 2.48. The van der Waals surface area contributed by atoms with Crippen LogP contribution in [0.3, 0.4) is 0 Å². The second-order valence-corrected chi connectivity index (χ2v) is 6.08. The molecule has 1 saturated carbocycles. The van der Waals surface area contributed by atoms with E-state index in [9.17, 15) is 9.59 Å². The van der Waals surface area contributed by atoms with Crippen LogP contribution in [0.4, 0.5) is 9.59 Å². The van der Waals surface area contributed by atoms with Crippen LogP contribution in [0, 0.1) is 11.8 Å². The number of azo groups is 1. The molecule has 1 fully saturated rings. The van der Waals surface area contributed by atoms with E-state index in [0.29, 0.717) is 11.8 Å². The van der Waals surface area contributed by atoms with Gasteiger partial charge in [-0.2, -0.15) is 0 Å². The Labute approximate surface area is 140 Å². The van der Waals surface area contributed by atoms with Gasteiger partial charge in [-0.1, -0.05) is 46.6 Å². The van der Waals surface area contributed by atoms with Gasteiger partial charge in [0.15, 0.2) is 0 Å². The first-order valence-electron chi connectivity index (χ1n) is 8.18. The lowest BCUT2D eigenvalue weighted by molar-refractivity contribution is 0.144. The third kappa shape index (κ3) is 3.88. The topological polar surface area (TPSA) is 77.3 Å². The van der Waals surface area contributed by atoms with E-state index in [0.717, 1.165) is 11.5 Å². The minimum atomic E-state index is -0.912. The van der Waals surface area contributed by atoms with Gasteiger partial charge >= 0.3 is 12.2 Å². The Morgan fingerprint density at radius 3 is 2.33 bits per heavy atom. The quantitative estimate of drug-likeness (QED) is 0.597. The average molecular weight is 328 g/mol. The molecule has 6 heteroatoms. The van der Waals surface area contributed by atoms with Crippen LogP contribution in [-0.4, -0.2) is 18.8 Å². The van der Waals surface area contributed by atoms with E-state index >= 15 is 0 Å². The SMILES string of the molecule is CCOC(=O)/N=N\C(=O)OCc1ccc(C2CC3C=C[C@H]2C3)cc1. The van der Waals surface area contributed by atoms with Crippen LogP contribution in [0.5, 0.6) is 0 Å². The smallest absolute Gasteiger partial charge is 0.447 e. The summed E-state index contributed by atoms with van der Waals surface area (Å²) in [4.78, 5) is 22.3. The molecular weight excluding hydrogens is 308 g/mol. The number of hydrogen-bond acceptors (Lipinski definition) is 4. The maximum Gasteiger partial charge on any atom is 0.452 e. The van der Waals surface area contributed by atoms with Crippen molar-refractivity contribution in [1.82, 2.24) is 0 Å². The maximum absolute atomic E-state index is 11.4. The zero-order valence-electron chi connectivity index (χ0n) is 13.6. The molecule has 6 nitrogen and oxygen atoms in total. The van der Waals surface area contributed by atoms with Crippen molar-refractivity contribution in [3.05, 3.63) is 47.5 Å². The molecule has 0 aliphatic heterocycles. The minimum absolute atomic E-state index is 0.0948. The van der Waals surface area contributed by atoms with Crippen LogP contribution in [-0.2, 0) is 16.1 Å². The summed E-state index contributed by atoms with van der Waals surface area (Å²) in [5.41, 5.74) is 2.21. The van der Waals surface area contributed by atoms with Gasteiger partial charge in [0, 0.05) is 0 Å². The first-order valence-corrected chi connectivity index (χ1v) is 8.18. The Kier molecular flexibility index (Phi) is 5.03. The van der Waals surface area contributed by atoms with E-state index in [1.807, 2.05) is 12.1 Å². The standard InChI is InChI=1S/C18H20N2O4/c1-2-23-17(21)19-20-18(22)24-11-12-3-6-14(7-4-12)16-10-13-5-8-15(16)9-13/h3-8,13,15-16H,2,9-11H2,1H3/b20-19-/t13?,15-,16?/m0/s1. The van der Waals surface area contributed by atoms with Crippen LogP contribution in [0.25, 0.3) is 0 Å². The summed E-state index contributed by atoms with van der Waals surface area (Å²) in [5, 5.41) is 6.24. The zero-order valence-corrected chi connectivity index (χ0v) is 13.6. The Morgan fingerprint density at radius 1 is 1.04 bits per heavy atom. The summed E-state index contributed by atoms with van der Waals surface area (Å²) in [6.07, 6.45) is 5.35. The zero-order chi connectivity index (χ0) is 16.9. The van der Waals surface area contributed by atoms with Gasteiger partial charge in [0.2, 0.25) is 0 Å². The first-order chi connectivity index (χ1) is 11.7. The predicted octanol–water partition coefficient (Wildman–Crippen LogP) is 4.61. The molecule has 24 heavy (non-hydrogen) atoms. The first kappa shape index (κ1) is 16.4. The van der Waals surface area contributed by atoms with E-state index in [4.69, 9.17) is 4.74 Å². The van der Waals surface area contributed by atoms with Gasteiger partial charge in [0.25, 0.3) is 0 Å². The summed E-state index contributed by atoms with van der Waals surface area (Å²) >= 11 is 0. The fourth-order valence-electron chi connectivity index (χ4n) is 3.43. The number of allylic oxidation sites excluding steroid dienone is 2. The summed E-state index contributed by atoms with van der Waals surface area (Å²) in [6, 6.07) is 8.12. The van der Waals surface area contributed by atoms with Gasteiger partial charge < -0.3 is 9.47 Å². The number of carbonyl (C=O) groups is 2. The third-order valence-corrected chi connectivity index (χ3v) is 4.53. The Balaban J connectivity index is 1.49. The molecule has 0 N–H and O–H groups in total. The molecule has 1 aromatic carbocycles. The van der Waals surface area contributed by atoms with E-state index in [-0.39, 0.29) is 13.2 Å². The lowest BCUT2D eigenvalue weighted by Gasteiger charge is -2.18. The van der Waals surface area contributed by atoms with Crippen molar-refractivity contribution in [1.29, 1.82) is 0 Å². The highest BCUT2D eigenvalue weighted by molar-refractivity contribution is 5.73. The molecule has 2 amide bonds. The molecule has 2 bridgehead atoms. The van der Waals surface area contributed by atoms with Gasteiger partial charge in [-0.3, -0.25) is 0 Å². The maximum atomic E-state index is 11.4. The number of hydrogen-bond donors (Lipinski definition) is 0. The van der Waals surface area contributed by atoms with E-state index < -0.39 is 12.2 Å².